The Balaban J connectivity index is 1.38. The Labute approximate surface area is 202 Å². The lowest BCUT2D eigenvalue weighted by molar-refractivity contribution is -0.123. The number of imide groups is 1. The summed E-state index contributed by atoms with van der Waals surface area (Å²) in [4.78, 5) is 32.1. The van der Waals surface area contributed by atoms with Crippen molar-refractivity contribution in [2.24, 2.45) is 10.3 Å². The van der Waals surface area contributed by atoms with E-state index in [0.717, 1.165) is 12.0 Å². The minimum Gasteiger partial charge on any atom is -0.497 e. The van der Waals surface area contributed by atoms with Gasteiger partial charge in [0, 0.05) is 6.07 Å². The van der Waals surface area contributed by atoms with Gasteiger partial charge in [0.05, 0.1) is 32.0 Å². The highest BCUT2D eigenvalue weighted by atomic mass is 16.5. The van der Waals surface area contributed by atoms with Crippen LogP contribution in [-0.2, 0) is 22.6 Å². The molecule has 180 valence electrons. The number of aryl methyl sites for hydroxylation is 2. The van der Waals surface area contributed by atoms with Crippen LogP contribution in [0.15, 0.2) is 57.2 Å². The highest BCUT2D eigenvalue weighted by molar-refractivity contribution is 6.25. The second-order valence-electron chi connectivity index (χ2n) is 8.31. The summed E-state index contributed by atoms with van der Waals surface area (Å²) in [5, 5.41) is 9.73. The van der Waals surface area contributed by atoms with Crippen LogP contribution in [0.2, 0.25) is 0 Å². The van der Waals surface area contributed by atoms with Crippen LogP contribution in [0.1, 0.15) is 23.9 Å². The number of ether oxygens (including phenoxy) is 2. The number of fused-ring (bicyclic) bond motifs is 1. The van der Waals surface area contributed by atoms with Gasteiger partial charge in [-0.1, -0.05) is 24.3 Å². The number of oxazole rings is 1. The van der Waals surface area contributed by atoms with E-state index in [0.29, 0.717) is 40.1 Å². The monoisotopic (exact) mass is 475 g/mol. The summed E-state index contributed by atoms with van der Waals surface area (Å²) in [5.41, 5.74) is 2.91. The second-order valence-corrected chi connectivity index (χ2v) is 8.31. The average Bonchev–Trinajstić information content (AvgIpc) is 3.54. The zero-order valence-electron chi connectivity index (χ0n) is 19.9. The Bertz CT molecular complexity index is 1320. The predicted molar refractivity (Wildman–Crippen MR) is 126 cm³/mol. The number of benzene rings is 2. The smallest absolute Gasteiger partial charge is 0.263 e. The Morgan fingerprint density at radius 2 is 1.80 bits per heavy atom. The zero-order valence-corrected chi connectivity index (χ0v) is 19.9. The predicted octanol–water partition coefficient (Wildman–Crippen LogP) is 3.72. The van der Waals surface area contributed by atoms with E-state index in [2.05, 4.69) is 15.3 Å². The molecule has 10 nitrogen and oxygen atoms in total. The molecule has 0 aliphatic carbocycles. The van der Waals surface area contributed by atoms with Crippen molar-refractivity contribution in [2.45, 2.75) is 38.9 Å². The van der Waals surface area contributed by atoms with E-state index in [1.54, 1.807) is 51.5 Å². The quantitative estimate of drug-likeness (QED) is 0.479. The second kappa shape index (κ2) is 8.86. The van der Waals surface area contributed by atoms with Gasteiger partial charge >= 0.3 is 0 Å². The summed E-state index contributed by atoms with van der Waals surface area (Å²) in [6.45, 7) is 4.00. The number of hydrogen-bond donors (Lipinski definition) is 0. The number of carbonyl (C=O) groups excluding carboxylic acids is 2. The van der Waals surface area contributed by atoms with Crippen LogP contribution >= 0.6 is 0 Å². The van der Waals surface area contributed by atoms with Crippen LogP contribution in [0.3, 0.4) is 0 Å². The minimum atomic E-state index is -0.873. The van der Waals surface area contributed by atoms with E-state index in [1.165, 1.54) is 9.91 Å². The normalized spacial score (nSPS) is 19.0. The first-order chi connectivity index (χ1) is 16.9. The molecule has 0 bridgehead atoms. The van der Waals surface area contributed by atoms with Crippen molar-refractivity contribution in [3.63, 3.8) is 0 Å². The number of nitrogens with zero attached hydrogens (tertiary/aromatic N) is 5. The van der Waals surface area contributed by atoms with Gasteiger partial charge in [0.2, 0.25) is 5.89 Å². The van der Waals surface area contributed by atoms with Gasteiger partial charge in [0.1, 0.15) is 23.0 Å². The number of methoxy groups -OCH3 is 2. The molecule has 2 aromatic carbocycles. The summed E-state index contributed by atoms with van der Waals surface area (Å²) in [6.07, 6.45) is 0.872. The van der Waals surface area contributed by atoms with Crippen LogP contribution in [0.25, 0.3) is 11.5 Å². The fraction of sp³-hybridized carbons (Fsp3) is 0.320. The number of amides is 2. The Morgan fingerprint density at radius 3 is 2.49 bits per heavy atom. The lowest BCUT2D eigenvalue weighted by Crippen LogP contribution is -2.39. The molecule has 10 heteroatoms. The highest BCUT2D eigenvalue weighted by Crippen LogP contribution is 2.36. The van der Waals surface area contributed by atoms with Gasteiger partial charge in [-0.25, -0.2) is 9.88 Å². The Kier molecular flexibility index (Phi) is 5.72. The molecule has 2 aliphatic rings. The molecule has 35 heavy (non-hydrogen) atoms. The van der Waals surface area contributed by atoms with E-state index < -0.39 is 12.1 Å². The van der Waals surface area contributed by atoms with E-state index in [4.69, 9.17) is 13.9 Å². The molecule has 0 unspecified atom stereocenters. The molecule has 1 aromatic heterocycles. The number of carbonyl (C=O) groups is 2. The minimum absolute atomic E-state index is 0.167. The van der Waals surface area contributed by atoms with Gasteiger partial charge in [0.15, 0.2) is 12.1 Å². The molecule has 0 spiro atoms. The van der Waals surface area contributed by atoms with Crippen molar-refractivity contribution < 1.29 is 23.5 Å². The standard InChI is InChI=1S/C25H25N5O5/c1-5-15-6-8-16(9-7-15)30-24(31)21-22(25(30)32)29(28-27-21)13-19-14(2)35-23(26-19)18-11-10-17(33-3)12-20(18)34-4/h6-12,21-22H,5,13H2,1-4H3/t21-,22-/m1/s1. The fourth-order valence-corrected chi connectivity index (χ4v) is 4.31. The maximum absolute atomic E-state index is 13.3. The number of hydrogen-bond acceptors (Lipinski definition) is 9. The summed E-state index contributed by atoms with van der Waals surface area (Å²) in [7, 11) is 3.14. The van der Waals surface area contributed by atoms with Crippen molar-refractivity contribution in [1.29, 1.82) is 0 Å². The van der Waals surface area contributed by atoms with E-state index in [9.17, 15) is 9.59 Å². The van der Waals surface area contributed by atoms with E-state index in [-0.39, 0.29) is 18.4 Å². The summed E-state index contributed by atoms with van der Waals surface area (Å²) < 4.78 is 16.6. The molecular formula is C25H25N5O5. The summed E-state index contributed by atoms with van der Waals surface area (Å²) >= 11 is 0. The van der Waals surface area contributed by atoms with Gasteiger partial charge < -0.3 is 13.9 Å². The molecule has 2 aliphatic heterocycles. The van der Waals surface area contributed by atoms with Crippen molar-refractivity contribution in [1.82, 2.24) is 9.99 Å². The van der Waals surface area contributed by atoms with E-state index >= 15 is 0 Å². The number of anilines is 1. The molecule has 2 atom stereocenters. The third-order valence-corrected chi connectivity index (χ3v) is 6.30. The van der Waals surface area contributed by atoms with Crippen LogP contribution in [0, 0.1) is 6.92 Å². The van der Waals surface area contributed by atoms with Crippen LogP contribution in [0.4, 0.5) is 5.69 Å². The molecule has 3 aromatic rings. The molecule has 5 rings (SSSR count). The first kappa shape index (κ1) is 22.6. The van der Waals surface area contributed by atoms with Gasteiger partial charge in [-0.05, 0) is 43.2 Å². The van der Waals surface area contributed by atoms with Crippen molar-refractivity contribution in [2.75, 3.05) is 19.1 Å². The Hall–Kier alpha value is -4.21. The Morgan fingerprint density at radius 1 is 1.03 bits per heavy atom. The molecule has 0 radical (unpaired) electrons. The van der Waals surface area contributed by atoms with Crippen molar-refractivity contribution in [3.05, 3.63) is 59.5 Å². The summed E-state index contributed by atoms with van der Waals surface area (Å²) in [5.74, 6) is 1.41. The fourth-order valence-electron chi connectivity index (χ4n) is 4.31. The van der Waals surface area contributed by atoms with Crippen LogP contribution in [0.5, 0.6) is 11.5 Å². The SMILES string of the molecule is CCc1ccc(N2C(=O)[C@@H]3N=NN(Cc4nc(-c5ccc(OC)cc5OC)oc4C)[C@H]3C2=O)cc1. The van der Waals surface area contributed by atoms with Gasteiger partial charge in [0.25, 0.3) is 11.8 Å². The maximum atomic E-state index is 13.3. The molecule has 2 amide bonds. The van der Waals surface area contributed by atoms with Crippen LogP contribution in [-0.4, -0.2) is 48.1 Å². The van der Waals surface area contributed by atoms with Crippen LogP contribution < -0.4 is 14.4 Å². The third kappa shape index (κ3) is 3.80. The zero-order chi connectivity index (χ0) is 24.7. The molecule has 1 saturated heterocycles. The summed E-state index contributed by atoms with van der Waals surface area (Å²) in [6, 6.07) is 11.1. The number of rotatable bonds is 7. The highest BCUT2D eigenvalue weighted by Gasteiger charge is 2.54. The van der Waals surface area contributed by atoms with E-state index in [1.807, 2.05) is 19.1 Å². The lowest BCUT2D eigenvalue weighted by Gasteiger charge is -2.20. The molecule has 3 heterocycles. The van der Waals surface area contributed by atoms with Gasteiger partial charge in [-0.2, -0.15) is 5.11 Å². The third-order valence-electron chi connectivity index (χ3n) is 6.30. The van der Waals surface area contributed by atoms with Crippen molar-refractivity contribution in [3.8, 4) is 23.0 Å². The topological polar surface area (TPSA) is 110 Å². The average molecular weight is 476 g/mol. The molecule has 1 fully saturated rings. The molecule has 0 saturated carbocycles. The first-order valence-corrected chi connectivity index (χ1v) is 11.3. The van der Waals surface area contributed by atoms with Gasteiger partial charge in [-0.3, -0.25) is 14.6 Å². The largest absolute Gasteiger partial charge is 0.497 e. The molecular weight excluding hydrogens is 450 g/mol. The van der Waals surface area contributed by atoms with Crippen molar-refractivity contribution >= 4 is 17.5 Å². The number of aromatic nitrogens is 1. The first-order valence-electron chi connectivity index (χ1n) is 11.3. The van der Waals surface area contributed by atoms with Gasteiger partial charge in [-0.15, -0.1) is 0 Å². The maximum Gasteiger partial charge on any atom is 0.263 e. The molecule has 0 N–H and O–H groups in total. The lowest BCUT2D eigenvalue weighted by atomic mass is 10.1.